The van der Waals surface area contributed by atoms with Crippen LogP contribution in [-0.2, 0) is 19.7 Å². The highest BCUT2D eigenvalue weighted by atomic mass is 35.5. The van der Waals surface area contributed by atoms with Crippen molar-refractivity contribution < 1.29 is 9.13 Å². The van der Waals surface area contributed by atoms with E-state index >= 15 is 0 Å². The molecule has 0 spiro atoms. The van der Waals surface area contributed by atoms with Gasteiger partial charge in [-0.15, -0.1) is 12.4 Å². The summed E-state index contributed by atoms with van der Waals surface area (Å²) >= 11 is 12.0. The molecule has 0 aliphatic rings. The predicted molar refractivity (Wildman–Crippen MR) is 111 cm³/mol. The minimum absolute atomic E-state index is 0. The van der Waals surface area contributed by atoms with Gasteiger partial charge < -0.3 is 10.1 Å². The Morgan fingerprint density at radius 1 is 0.778 bits per heavy atom. The molecule has 3 aromatic carbocycles. The van der Waals surface area contributed by atoms with Gasteiger partial charge in [0.2, 0.25) is 0 Å². The second-order valence-corrected chi connectivity index (χ2v) is 6.77. The van der Waals surface area contributed by atoms with E-state index in [9.17, 15) is 4.39 Å². The molecular weight excluding hydrogens is 408 g/mol. The van der Waals surface area contributed by atoms with E-state index in [2.05, 4.69) is 5.32 Å². The summed E-state index contributed by atoms with van der Waals surface area (Å²) in [6.45, 7) is 1.67. The van der Waals surface area contributed by atoms with Gasteiger partial charge in [0.05, 0.1) is 0 Å². The maximum Gasteiger partial charge on any atom is 0.124 e. The third-order valence-corrected chi connectivity index (χ3v) is 4.38. The average Bonchev–Trinajstić information content (AvgIpc) is 2.64. The van der Waals surface area contributed by atoms with Crippen molar-refractivity contribution in [3.8, 4) is 5.75 Å². The zero-order chi connectivity index (χ0) is 18.4. The van der Waals surface area contributed by atoms with Gasteiger partial charge in [0.15, 0.2) is 0 Å². The second kappa shape index (κ2) is 10.5. The largest absolute Gasteiger partial charge is 0.489 e. The van der Waals surface area contributed by atoms with Crippen molar-refractivity contribution in [2.45, 2.75) is 19.7 Å². The van der Waals surface area contributed by atoms with Crippen LogP contribution in [0.5, 0.6) is 5.75 Å². The van der Waals surface area contributed by atoms with E-state index in [1.54, 1.807) is 12.1 Å². The molecule has 2 nitrogen and oxygen atoms in total. The Hall–Kier alpha value is -1.78. The Morgan fingerprint density at radius 3 is 2.11 bits per heavy atom. The molecular formula is C21H19Cl3FNO. The van der Waals surface area contributed by atoms with Gasteiger partial charge in [0.25, 0.3) is 0 Å². The molecule has 6 heteroatoms. The number of nitrogens with one attached hydrogen (secondary N) is 1. The van der Waals surface area contributed by atoms with Crippen molar-refractivity contribution >= 4 is 35.6 Å². The quantitative estimate of drug-likeness (QED) is 0.470. The molecule has 0 heterocycles. The third kappa shape index (κ3) is 6.71. The highest BCUT2D eigenvalue weighted by molar-refractivity contribution is 6.30. The fourth-order valence-electron chi connectivity index (χ4n) is 2.51. The highest BCUT2D eigenvalue weighted by Gasteiger charge is 2.06. The summed E-state index contributed by atoms with van der Waals surface area (Å²) in [5, 5.41) is 4.69. The Morgan fingerprint density at radius 2 is 1.41 bits per heavy atom. The summed E-state index contributed by atoms with van der Waals surface area (Å²) in [5.74, 6) is 0.539. The van der Waals surface area contributed by atoms with E-state index in [1.165, 1.54) is 12.1 Å². The zero-order valence-electron chi connectivity index (χ0n) is 14.4. The molecule has 0 saturated heterocycles. The lowest BCUT2D eigenvalue weighted by atomic mass is 10.1. The molecule has 3 rings (SSSR count). The summed E-state index contributed by atoms with van der Waals surface area (Å²) in [6.07, 6.45) is 0. The molecule has 142 valence electrons. The summed E-state index contributed by atoms with van der Waals surface area (Å²) in [6, 6.07) is 19.5. The predicted octanol–water partition coefficient (Wildman–Crippen LogP) is 6.42. The van der Waals surface area contributed by atoms with Gasteiger partial charge in [-0.1, -0.05) is 47.5 Å². The standard InChI is InChI=1S/C21H18Cl2FNO.ClH/c22-18-5-1-16(2-6-18)14-26-21-10-7-19(23)11-17(21)13-25-12-15-3-8-20(24)9-4-15;/h1-11,25H,12-14H2;1H. The molecule has 0 aliphatic heterocycles. The number of hydrogen-bond acceptors (Lipinski definition) is 2. The van der Waals surface area contributed by atoms with Crippen LogP contribution in [0.1, 0.15) is 16.7 Å². The van der Waals surface area contributed by atoms with Crippen molar-refractivity contribution in [2.75, 3.05) is 0 Å². The topological polar surface area (TPSA) is 21.3 Å². The Balaban J connectivity index is 0.00000261. The van der Waals surface area contributed by atoms with Crippen LogP contribution in [0.15, 0.2) is 66.7 Å². The summed E-state index contributed by atoms with van der Waals surface area (Å²) in [5.41, 5.74) is 3.01. The van der Waals surface area contributed by atoms with Crippen molar-refractivity contribution in [1.29, 1.82) is 0 Å². The van der Waals surface area contributed by atoms with Crippen LogP contribution >= 0.6 is 35.6 Å². The molecule has 1 N–H and O–H groups in total. The van der Waals surface area contributed by atoms with Crippen molar-refractivity contribution in [2.24, 2.45) is 0 Å². The molecule has 0 atom stereocenters. The van der Waals surface area contributed by atoms with Gasteiger partial charge in [-0.3, -0.25) is 0 Å². The average molecular weight is 427 g/mol. The number of halogens is 4. The summed E-state index contributed by atoms with van der Waals surface area (Å²) in [7, 11) is 0. The normalized spacial score (nSPS) is 10.3. The van der Waals surface area contributed by atoms with Crippen LogP contribution in [0.2, 0.25) is 10.0 Å². The van der Waals surface area contributed by atoms with Crippen molar-refractivity contribution in [3.63, 3.8) is 0 Å². The lowest BCUT2D eigenvalue weighted by Gasteiger charge is -2.13. The SMILES string of the molecule is Cl.Fc1ccc(CNCc2cc(Cl)ccc2OCc2ccc(Cl)cc2)cc1. The van der Waals surface area contributed by atoms with E-state index in [-0.39, 0.29) is 18.2 Å². The van der Waals surface area contributed by atoms with E-state index in [0.29, 0.717) is 29.7 Å². The van der Waals surface area contributed by atoms with Crippen LogP contribution in [0.4, 0.5) is 4.39 Å². The first-order valence-electron chi connectivity index (χ1n) is 8.21. The highest BCUT2D eigenvalue weighted by Crippen LogP contribution is 2.24. The molecule has 0 radical (unpaired) electrons. The molecule has 0 fully saturated rings. The van der Waals surface area contributed by atoms with Gasteiger partial charge >= 0.3 is 0 Å². The monoisotopic (exact) mass is 425 g/mol. The molecule has 27 heavy (non-hydrogen) atoms. The Kier molecular flexibility index (Phi) is 8.39. The van der Waals surface area contributed by atoms with Gasteiger partial charge in [-0.05, 0) is 53.6 Å². The van der Waals surface area contributed by atoms with Gasteiger partial charge in [-0.2, -0.15) is 0 Å². The fraction of sp³-hybridized carbons (Fsp3) is 0.143. The van der Waals surface area contributed by atoms with Crippen LogP contribution in [0, 0.1) is 5.82 Å². The van der Waals surface area contributed by atoms with Gasteiger partial charge in [0, 0.05) is 28.7 Å². The molecule has 0 bridgehead atoms. The van der Waals surface area contributed by atoms with E-state index in [1.807, 2.05) is 42.5 Å². The maximum atomic E-state index is 13.0. The van der Waals surface area contributed by atoms with Crippen LogP contribution in [0.25, 0.3) is 0 Å². The maximum absolute atomic E-state index is 13.0. The van der Waals surface area contributed by atoms with E-state index < -0.39 is 0 Å². The van der Waals surface area contributed by atoms with Crippen molar-refractivity contribution in [1.82, 2.24) is 5.32 Å². The lowest BCUT2D eigenvalue weighted by molar-refractivity contribution is 0.302. The van der Waals surface area contributed by atoms with Crippen molar-refractivity contribution in [3.05, 3.63) is 99.3 Å². The molecule has 0 saturated carbocycles. The molecule has 0 unspecified atom stereocenters. The van der Waals surface area contributed by atoms with Gasteiger partial charge in [-0.25, -0.2) is 4.39 Å². The van der Waals surface area contributed by atoms with E-state index in [0.717, 1.165) is 22.4 Å². The second-order valence-electron chi connectivity index (χ2n) is 5.90. The fourth-order valence-corrected chi connectivity index (χ4v) is 2.83. The number of benzene rings is 3. The molecule has 0 aliphatic carbocycles. The first-order chi connectivity index (χ1) is 12.6. The van der Waals surface area contributed by atoms with Crippen LogP contribution in [0.3, 0.4) is 0 Å². The first-order valence-corrected chi connectivity index (χ1v) is 8.96. The first kappa shape index (κ1) is 21.5. The third-order valence-electron chi connectivity index (χ3n) is 3.89. The number of ether oxygens (including phenoxy) is 1. The van der Waals surface area contributed by atoms with Crippen LogP contribution < -0.4 is 10.1 Å². The zero-order valence-corrected chi connectivity index (χ0v) is 16.8. The molecule has 0 aromatic heterocycles. The smallest absolute Gasteiger partial charge is 0.124 e. The number of rotatable bonds is 7. The summed E-state index contributed by atoms with van der Waals surface area (Å²) in [4.78, 5) is 0. The minimum Gasteiger partial charge on any atom is -0.489 e. The van der Waals surface area contributed by atoms with Gasteiger partial charge in [0.1, 0.15) is 18.2 Å². The number of hydrogen-bond donors (Lipinski definition) is 1. The summed E-state index contributed by atoms with van der Waals surface area (Å²) < 4.78 is 18.9. The lowest BCUT2D eigenvalue weighted by Crippen LogP contribution is -2.13. The Bertz CT molecular complexity index is 854. The molecule has 3 aromatic rings. The minimum atomic E-state index is -0.235. The molecule has 0 amide bonds. The Labute approximate surface area is 174 Å². The van der Waals surface area contributed by atoms with E-state index in [4.69, 9.17) is 27.9 Å². The van der Waals surface area contributed by atoms with Crippen LogP contribution in [-0.4, -0.2) is 0 Å².